The average Bonchev–Trinajstić information content (AvgIpc) is 2.89. The second-order valence-corrected chi connectivity index (χ2v) is 3.25. The molecule has 64 valence electrons. The molecule has 1 nitrogen and oxygen atoms in total. The van der Waals surface area contributed by atoms with Crippen LogP contribution in [0, 0.1) is 0 Å². The molecular formula is C11H14O. The third kappa shape index (κ3) is 1.45. The molecule has 1 aliphatic rings. The van der Waals surface area contributed by atoms with E-state index in [4.69, 9.17) is 4.74 Å². The molecule has 0 heterocycles. The molecule has 1 aromatic rings. The first-order valence-corrected chi connectivity index (χ1v) is 4.63. The molecule has 1 fully saturated rings. The van der Waals surface area contributed by atoms with Crippen molar-refractivity contribution in [3.8, 4) is 5.75 Å². The molecule has 0 radical (unpaired) electrons. The third-order valence-corrected chi connectivity index (χ3v) is 2.24. The standard InChI is InChI=1S/C11H14O/c1-2-12-11-6-4-3-5-10(11)9-7-8-9/h3-6,9H,2,7-8H2,1H3. The Labute approximate surface area is 73.4 Å². The van der Waals surface area contributed by atoms with Gasteiger partial charge in [0.25, 0.3) is 0 Å². The summed E-state index contributed by atoms with van der Waals surface area (Å²) in [7, 11) is 0. The van der Waals surface area contributed by atoms with E-state index in [2.05, 4.69) is 18.2 Å². The normalized spacial score (nSPS) is 16.1. The van der Waals surface area contributed by atoms with Gasteiger partial charge >= 0.3 is 0 Å². The zero-order valence-corrected chi connectivity index (χ0v) is 7.42. The van der Waals surface area contributed by atoms with Crippen molar-refractivity contribution in [2.45, 2.75) is 25.7 Å². The highest BCUT2D eigenvalue weighted by molar-refractivity contribution is 5.38. The predicted molar refractivity (Wildman–Crippen MR) is 49.6 cm³/mol. The molecule has 0 saturated heterocycles. The molecular weight excluding hydrogens is 148 g/mol. The van der Waals surface area contributed by atoms with Crippen molar-refractivity contribution in [3.05, 3.63) is 29.8 Å². The zero-order valence-electron chi connectivity index (χ0n) is 7.42. The highest BCUT2D eigenvalue weighted by Gasteiger charge is 2.26. The maximum Gasteiger partial charge on any atom is 0.122 e. The second-order valence-electron chi connectivity index (χ2n) is 3.25. The van der Waals surface area contributed by atoms with E-state index in [1.807, 2.05) is 13.0 Å². The van der Waals surface area contributed by atoms with E-state index >= 15 is 0 Å². The van der Waals surface area contributed by atoms with E-state index in [0.717, 1.165) is 18.3 Å². The van der Waals surface area contributed by atoms with Gasteiger partial charge in [0.1, 0.15) is 5.75 Å². The first-order valence-electron chi connectivity index (χ1n) is 4.63. The quantitative estimate of drug-likeness (QED) is 0.664. The van der Waals surface area contributed by atoms with E-state index in [9.17, 15) is 0 Å². The Bertz CT molecular complexity index is 263. The monoisotopic (exact) mass is 162 g/mol. The van der Waals surface area contributed by atoms with Gasteiger partial charge in [0.05, 0.1) is 6.61 Å². The smallest absolute Gasteiger partial charge is 0.122 e. The van der Waals surface area contributed by atoms with Crippen LogP contribution in [0.1, 0.15) is 31.2 Å². The Morgan fingerprint density at radius 3 is 2.75 bits per heavy atom. The van der Waals surface area contributed by atoms with Gasteiger partial charge in [0.2, 0.25) is 0 Å². The van der Waals surface area contributed by atoms with Gasteiger partial charge in [0, 0.05) is 0 Å². The van der Waals surface area contributed by atoms with E-state index in [0.29, 0.717) is 0 Å². The molecule has 12 heavy (non-hydrogen) atoms. The van der Waals surface area contributed by atoms with Crippen LogP contribution in [0.15, 0.2) is 24.3 Å². The fourth-order valence-electron chi connectivity index (χ4n) is 1.50. The topological polar surface area (TPSA) is 9.23 Å². The van der Waals surface area contributed by atoms with Crippen molar-refractivity contribution in [2.75, 3.05) is 6.61 Å². The number of ether oxygens (including phenoxy) is 1. The highest BCUT2D eigenvalue weighted by Crippen LogP contribution is 2.43. The molecule has 0 atom stereocenters. The largest absolute Gasteiger partial charge is 0.494 e. The molecule has 1 aromatic carbocycles. The Hall–Kier alpha value is -0.980. The molecule has 0 N–H and O–H groups in total. The van der Waals surface area contributed by atoms with Gasteiger partial charge in [0.15, 0.2) is 0 Å². The lowest BCUT2D eigenvalue weighted by atomic mass is 10.1. The first kappa shape index (κ1) is 7.66. The Balaban J connectivity index is 2.24. The predicted octanol–water partition coefficient (Wildman–Crippen LogP) is 2.96. The molecule has 1 heteroatoms. The maximum absolute atomic E-state index is 5.54. The molecule has 0 bridgehead atoms. The van der Waals surface area contributed by atoms with Crippen molar-refractivity contribution < 1.29 is 4.74 Å². The van der Waals surface area contributed by atoms with Crippen LogP contribution in [-0.4, -0.2) is 6.61 Å². The van der Waals surface area contributed by atoms with Crippen molar-refractivity contribution in [1.29, 1.82) is 0 Å². The zero-order chi connectivity index (χ0) is 8.39. The number of hydrogen-bond acceptors (Lipinski definition) is 1. The molecule has 1 saturated carbocycles. The third-order valence-electron chi connectivity index (χ3n) is 2.24. The summed E-state index contributed by atoms with van der Waals surface area (Å²) in [4.78, 5) is 0. The van der Waals surface area contributed by atoms with Crippen LogP contribution in [0.3, 0.4) is 0 Å². The maximum atomic E-state index is 5.54. The van der Waals surface area contributed by atoms with Gasteiger partial charge in [-0.3, -0.25) is 0 Å². The summed E-state index contributed by atoms with van der Waals surface area (Å²) in [5.74, 6) is 1.87. The van der Waals surface area contributed by atoms with Crippen LogP contribution in [-0.2, 0) is 0 Å². The molecule has 2 rings (SSSR count). The lowest BCUT2D eigenvalue weighted by molar-refractivity contribution is 0.336. The summed E-state index contributed by atoms with van der Waals surface area (Å²) in [6, 6.07) is 8.38. The average molecular weight is 162 g/mol. The summed E-state index contributed by atoms with van der Waals surface area (Å²) >= 11 is 0. The minimum absolute atomic E-state index is 0.768. The van der Waals surface area contributed by atoms with Crippen LogP contribution in [0.25, 0.3) is 0 Å². The molecule has 0 aromatic heterocycles. The van der Waals surface area contributed by atoms with Crippen LogP contribution < -0.4 is 4.74 Å². The van der Waals surface area contributed by atoms with Gasteiger partial charge in [-0.1, -0.05) is 18.2 Å². The van der Waals surface area contributed by atoms with E-state index in [1.54, 1.807) is 0 Å². The SMILES string of the molecule is CCOc1ccccc1C1CC1. The van der Waals surface area contributed by atoms with E-state index < -0.39 is 0 Å². The highest BCUT2D eigenvalue weighted by atomic mass is 16.5. The summed E-state index contributed by atoms with van der Waals surface area (Å²) in [5.41, 5.74) is 1.40. The minimum Gasteiger partial charge on any atom is -0.494 e. The van der Waals surface area contributed by atoms with Crippen LogP contribution in [0.4, 0.5) is 0 Å². The van der Waals surface area contributed by atoms with Gasteiger partial charge in [-0.15, -0.1) is 0 Å². The number of rotatable bonds is 3. The van der Waals surface area contributed by atoms with E-state index in [-0.39, 0.29) is 0 Å². The Morgan fingerprint density at radius 1 is 1.33 bits per heavy atom. The molecule has 0 unspecified atom stereocenters. The lowest BCUT2D eigenvalue weighted by Gasteiger charge is -2.07. The molecule has 1 aliphatic carbocycles. The fraction of sp³-hybridized carbons (Fsp3) is 0.455. The lowest BCUT2D eigenvalue weighted by Crippen LogP contribution is -1.94. The van der Waals surface area contributed by atoms with Gasteiger partial charge < -0.3 is 4.74 Å². The molecule has 0 spiro atoms. The minimum atomic E-state index is 0.768. The van der Waals surface area contributed by atoms with Gasteiger partial charge in [-0.25, -0.2) is 0 Å². The Kier molecular flexibility index (Phi) is 2.03. The van der Waals surface area contributed by atoms with Gasteiger partial charge in [-0.2, -0.15) is 0 Å². The fourth-order valence-corrected chi connectivity index (χ4v) is 1.50. The summed E-state index contributed by atoms with van der Waals surface area (Å²) in [6.07, 6.45) is 2.67. The first-order chi connectivity index (χ1) is 5.92. The van der Waals surface area contributed by atoms with Crippen LogP contribution in [0.5, 0.6) is 5.75 Å². The van der Waals surface area contributed by atoms with Crippen molar-refractivity contribution >= 4 is 0 Å². The van der Waals surface area contributed by atoms with E-state index in [1.165, 1.54) is 18.4 Å². The summed E-state index contributed by atoms with van der Waals surface area (Å²) in [5, 5.41) is 0. The summed E-state index contributed by atoms with van der Waals surface area (Å²) in [6.45, 7) is 2.80. The van der Waals surface area contributed by atoms with Crippen LogP contribution in [0.2, 0.25) is 0 Å². The summed E-state index contributed by atoms with van der Waals surface area (Å²) < 4.78 is 5.54. The Morgan fingerprint density at radius 2 is 2.08 bits per heavy atom. The van der Waals surface area contributed by atoms with Crippen LogP contribution >= 0.6 is 0 Å². The second kappa shape index (κ2) is 3.18. The van der Waals surface area contributed by atoms with Crippen molar-refractivity contribution in [2.24, 2.45) is 0 Å². The van der Waals surface area contributed by atoms with Crippen molar-refractivity contribution in [3.63, 3.8) is 0 Å². The number of hydrogen-bond donors (Lipinski definition) is 0. The van der Waals surface area contributed by atoms with Gasteiger partial charge in [-0.05, 0) is 37.3 Å². The molecule has 0 amide bonds. The number of para-hydroxylation sites is 1. The number of benzene rings is 1. The van der Waals surface area contributed by atoms with Crippen molar-refractivity contribution in [1.82, 2.24) is 0 Å². The molecule has 0 aliphatic heterocycles.